The van der Waals surface area contributed by atoms with Crippen molar-refractivity contribution in [2.24, 2.45) is 5.10 Å². The van der Waals surface area contributed by atoms with Crippen molar-refractivity contribution in [2.75, 3.05) is 0 Å². The molecule has 1 N–H and O–H groups in total. The van der Waals surface area contributed by atoms with Gasteiger partial charge in [-0.15, -0.1) is 0 Å². The first-order valence-corrected chi connectivity index (χ1v) is 9.23. The Balaban J connectivity index is 1.65. The van der Waals surface area contributed by atoms with Crippen molar-refractivity contribution in [3.63, 3.8) is 0 Å². The molecule has 0 saturated carbocycles. The summed E-state index contributed by atoms with van der Waals surface area (Å²) in [4.78, 5) is 12.3. The summed E-state index contributed by atoms with van der Waals surface area (Å²) in [5.74, 6) is 0.378. The van der Waals surface area contributed by atoms with Gasteiger partial charge in [0, 0.05) is 5.56 Å². The summed E-state index contributed by atoms with van der Waals surface area (Å²) in [5.41, 5.74) is 3.87. The van der Waals surface area contributed by atoms with Gasteiger partial charge in [0.25, 0.3) is 5.91 Å². The molecule has 0 unspecified atom stereocenters. The van der Waals surface area contributed by atoms with Crippen LogP contribution in [-0.2, 0) is 0 Å². The summed E-state index contributed by atoms with van der Waals surface area (Å²) in [5, 5.41) is 6.64. The van der Waals surface area contributed by atoms with Crippen LogP contribution in [0.25, 0.3) is 10.8 Å². The van der Waals surface area contributed by atoms with E-state index in [1.165, 1.54) is 0 Å². The lowest BCUT2D eigenvalue weighted by molar-refractivity contribution is 0.0955. The Labute approximate surface area is 163 Å². The molecule has 0 aromatic heterocycles. The molecule has 0 heterocycles. The van der Waals surface area contributed by atoms with Crippen molar-refractivity contribution in [1.29, 1.82) is 0 Å². The van der Waals surface area contributed by atoms with Gasteiger partial charge in [0.2, 0.25) is 0 Å². The number of hydrogen-bond acceptors (Lipinski definition) is 3. The number of nitrogens with zero attached hydrogens (tertiary/aromatic N) is 1. The number of hydrogen-bond donors (Lipinski definition) is 1. The van der Waals surface area contributed by atoms with E-state index in [1.807, 2.05) is 49.4 Å². The van der Waals surface area contributed by atoms with Crippen LogP contribution in [0.1, 0.15) is 36.2 Å². The third-order valence-electron chi connectivity index (χ3n) is 4.25. The predicted octanol–water partition coefficient (Wildman–Crippen LogP) is 5.43. The highest BCUT2D eigenvalue weighted by atomic mass is 35.5. The maximum absolute atomic E-state index is 12.3. The standard InChI is InChI=1S/C22H21ClN2O2/c1-3-15(2)27-21-11-8-16(12-20(21)23)14-24-25-22(26)19-10-9-17-6-4-5-7-18(17)13-19/h4-15H,3H2,1-2H3,(H,25,26)/b24-14-/t15-/m0/s1. The molecule has 3 aromatic rings. The van der Waals surface area contributed by atoms with Gasteiger partial charge in [0.05, 0.1) is 17.3 Å². The van der Waals surface area contributed by atoms with Crippen LogP contribution in [0.3, 0.4) is 0 Å². The van der Waals surface area contributed by atoms with Crippen molar-refractivity contribution in [2.45, 2.75) is 26.4 Å². The SMILES string of the molecule is CC[C@H](C)Oc1ccc(/C=N\NC(=O)c2ccc3ccccc3c2)cc1Cl. The van der Waals surface area contributed by atoms with Gasteiger partial charge in [-0.05, 0) is 60.0 Å². The fraction of sp³-hybridized carbons (Fsp3) is 0.182. The molecule has 0 saturated heterocycles. The minimum atomic E-state index is -0.264. The van der Waals surface area contributed by atoms with Crippen molar-refractivity contribution in [3.8, 4) is 5.75 Å². The Kier molecular flexibility index (Phi) is 6.09. The van der Waals surface area contributed by atoms with Gasteiger partial charge in [-0.2, -0.15) is 5.10 Å². The molecule has 4 nitrogen and oxygen atoms in total. The Morgan fingerprint density at radius 1 is 1.15 bits per heavy atom. The summed E-state index contributed by atoms with van der Waals surface area (Å²) in [7, 11) is 0. The number of halogens is 1. The number of carbonyl (C=O) groups excluding carboxylic acids is 1. The second-order valence-corrected chi connectivity index (χ2v) is 6.69. The van der Waals surface area contributed by atoms with Gasteiger partial charge in [-0.25, -0.2) is 5.43 Å². The monoisotopic (exact) mass is 380 g/mol. The molecule has 0 radical (unpaired) electrons. The molecular weight excluding hydrogens is 360 g/mol. The van der Waals surface area contributed by atoms with E-state index < -0.39 is 0 Å². The summed E-state index contributed by atoms with van der Waals surface area (Å²) in [6.07, 6.45) is 2.56. The highest BCUT2D eigenvalue weighted by Gasteiger charge is 2.07. The van der Waals surface area contributed by atoms with E-state index in [4.69, 9.17) is 16.3 Å². The van der Waals surface area contributed by atoms with Gasteiger partial charge in [0.15, 0.2) is 0 Å². The lowest BCUT2D eigenvalue weighted by atomic mass is 10.1. The zero-order valence-electron chi connectivity index (χ0n) is 15.3. The number of benzene rings is 3. The van der Waals surface area contributed by atoms with Crippen LogP contribution in [-0.4, -0.2) is 18.2 Å². The minimum Gasteiger partial charge on any atom is -0.489 e. The molecule has 0 aliphatic carbocycles. The Morgan fingerprint density at radius 2 is 1.93 bits per heavy atom. The van der Waals surface area contributed by atoms with Crippen molar-refractivity contribution in [3.05, 3.63) is 76.8 Å². The molecule has 27 heavy (non-hydrogen) atoms. The van der Waals surface area contributed by atoms with Crippen molar-refractivity contribution < 1.29 is 9.53 Å². The number of ether oxygens (including phenoxy) is 1. The topological polar surface area (TPSA) is 50.7 Å². The lowest BCUT2D eigenvalue weighted by Crippen LogP contribution is -2.17. The number of hydrazone groups is 1. The van der Waals surface area contributed by atoms with Crippen LogP contribution in [0.15, 0.2) is 65.8 Å². The third kappa shape index (κ3) is 4.86. The van der Waals surface area contributed by atoms with Crippen LogP contribution in [0.5, 0.6) is 5.75 Å². The fourth-order valence-corrected chi connectivity index (χ4v) is 2.79. The predicted molar refractivity (Wildman–Crippen MR) is 111 cm³/mol. The summed E-state index contributed by atoms with van der Waals surface area (Å²) in [6, 6.07) is 18.8. The molecule has 0 fully saturated rings. The summed E-state index contributed by atoms with van der Waals surface area (Å²) < 4.78 is 5.74. The van der Waals surface area contributed by atoms with Crippen LogP contribution in [0, 0.1) is 0 Å². The van der Waals surface area contributed by atoms with E-state index in [-0.39, 0.29) is 12.0 Å². The van der Waals surface area contributed by atoms with Crippen LogP contribution in [0.4, 0.5) is 0 Å². The molecule has 0 aliphatic rings. The van der Waals surface area contributed by atoms with E-state index in [9.17, 15) is 4.79 Å². The Hall–Kier alpha value is -2.85. The summed E-state index contributed by atoms with van der Waals surface area (Å²) in [6.45, 7) is 4.05. The lowest BCUT2D eigenvalue weighted by Gasteiger charge is -2.13. The first-order valence-electron chi connectivity index (χ1n) is 8.85. The second kappa shape index (κ2) is 8.69. The van der Waals surface area contributed by atoms with Crippen LogP contribution in [0.2, 0.25) is 5.02 Å². The molecule has 1 atom stereocenters. The first kappa shape index (κ1) is 18.9. The quantitative estimate of drug-likeness (QED) is 0.457. The van der Waals surface area contributed by atoms with E-state index in [0.717, 1.165) is 22.8 Å². The highest BCUT2D eigenvalue weighted by molar-refractivity contribution is 6.32. The minimum absolute atomic E-state index is 0.100. The normalized spacial score (nSPS) is 12.3. The van der Waals surface area contributed by atoms with Gasteiger partial charge in [-0.1, -0.05) is 48.9 Å². The average molecular weight is 381 g/mol. The zero-order valence-corrected chi connectivity index (χ0v) is 16.0. The molecule has 0 spiro atoms. The van der Waals surface area contributed by atoms with Crippen LogP contribution < -0.4 is 10.2 Å². The maximum Gasteiger partial charge on any atom is 0.271 e. The smallest absolute Gasteiger partial charge is 0.271 e. The van der Waals surface area contributed by atoms with Crippen molar-refractivity contribution in [1.82, 2.24) is 5.43 Å². The molecule has 0 bridgehead atoms. The number of amides is 1. The molecule has 0 aliphatic heterocycles. The molecule has 3 aromatic carbocycles. The number of rotatable bonds is 6. The Morgan fingerprint density at radius 3 is 2.67 bits per heavy atom. The van der Waals surface area contributed by atoms with E-state index in [1.54, 1.807) is 24.4 Å². The van der Waals surface area contributed by atoms with E-state index in [2.05, 4.69) is 17.5 Å². The van der Waals surface area contributed by atoms with E-state index in [0.29, 0.717) is 16.3 Å². The molecule has 3 rings (SSSR count). The summed E-state index contributed by atoms with van der Waals surface area (Å²) >= 11 is 6.25. The highest BCUT2D eigenvalue weighted by Crippen LogP contribution is 2.26. The second-order valence-electron chi connectivity index (χ2n) is 6.29. The van der Waals surface area contributed by atoms with E-state index >= 15 is 0 Å². The third-order valence-corrected chi connectivity index (χ3v) is 4.55. The fourth-order valence-electron chi connectivity index (χ4n) is 2.55. The van der Waals surface area contributed by atoms with Gasteiger partial charge >= 0.3 is 0 Å². The molecule has 1 amide bonds. The molecule has 138 valence electrons. The molecule has 5 heteroatoms. The number of carbonyl (C=O) groups is 1. The Bertz CT molecular complexity index is 985. The van der Waals surface area contributed by atoms with Gasteiger partial charge in [-0.3, -0.25) is 4.79 Å². The first-order chi connectivity index (χ1) is 13.1. The number of nitrogens with one attached hydrogen (secondary N) is 1. The molecular formula is C22H21ClN2O2. The zero-order chi connectivity index (χ0) is 19.2. The maximum atomic E-state index is 12.3. The van der Waals surface area contributed by atoms with Gasteiger partial charge in [0.1, 0.15) is 5.75 Å². The number of fused-ring (bicyclic) bond motifs is 1. The van der Waals surface area contributed by atoms with Crippen LogP contribution >= 0.6 is 11.6 Å². The van der Waals surface area contributed by atoms with Crippen molar-refractivity contribution >= 4 is 34.5 Å². The van der Waals surface area contributed by atoms with Gasteiger partial charge < -0.3 is 4.74 Å². The average Bonchev–Trinajstić information content (AvgIpc) is 2.69. The largest absolute Gasteiger partial charge is 0.489 e.